The molecule has 0 fully saturated rings. The number of H-pyrrole nitrogens is 1. The van der Waals surface area contributed by atoms with Crippen LogP contribution >= 0.6 is 0 Å². The van der Waals surface area contributed by atoms with E-state index in [4.69, 9.17) is 14.4 Å². The Labute approximate surface area is 379 Å². The largest absolute Gasteiger partial charge is 0.454 e. The molecule has 1 aliphatic rings. The number of rotatable bonds is 4. The SMILES string of the molecule is CC(C)(C)c1ccc(-n2c(-c3cccc4c3[nH]c3ccccc34)nc3c(-c4ccc5c(c4)N(c4cc(C(C)(C)C)ccn4)c4ccccc4C5(C)C)cc4c5ccccc5oc4c32)cc1. The van der Waals surface area contributed by atoms with Gasteiger partial charge in [-0.1, -0.05) is 146 Å². The number of aromatic amines is 1. The number of benzene rings is 7. The van der Waals surface area contributed by atoms with Gasteiger partial charge in [-0.05, 0) is 99.3 Å². The van der Waals surface area contributed by atoms with E-state index in [1.807, 2.05) is 12.3 Å². The van der Waals surface area contributed by atoms with Crippen molar-refractivity contribution in [2.24, 2.45) is 0 Å². The van der Waals surface area contributed by atoms with Crippen molar-refractivity contribution in [3.05, 3.63) is 180 Å². The van der Waals surface area contributed by atoms with Crippen molar-refractivity contribution in [2.45, 2.75) is 71.6 Å². The molecule has 4 aromatic heterocycles. The van der Waals surface area contributed by atoms with Gasteiger partial charge in [-0.15, -0.1) is 0 Å². The molecular formula is C59H51N5O. The molecule has 1 aliphatic heterocycles. The Bertz CT molecular complexity index is 3720. The summed E-state index contributed by atoms with van der Waals surface area (Å²) in [5.41, 5.74) is 16.7. The van der Waals surface area contributed by atoms with Crippen LogP contribution in [0.5, 0.6) is 0 Å². The van der Waals surface area contributed by atoms with E-state index in [1.165, 1.54) is 27.6 Å². The third kappa shape index (κ3) is 5.93. The predicted octanol–water partition coefficient (Wildman–Crippen LogP) is 16.0. The molecule has 5 heterocycles. The van der Waals surface area contributed by atoms with Crippen LogP contribution in [0.25, 0.3) is 83.0 Å². The number of anilines is 3. The van der Waals surface area contributed by atoms with Crippen LogP contribution in [0.4, 0.5) is 17.2 Å². The number of hydrogen-bond acceptors (Lipinski definition) is 4. The molecule has 0 aliphatic carbocycles. The first kappa shape index (κ1) is 39.2. The predicted molar refractivity (Wildman–Crippen MR) is 271 cm³/mol. The fraction of sp³-hybridized carbons (Fsp3) is 0.186. The van der Waals surface area contributed by atoms with E-state index < -0.39 is 0 Å². The second kappa shape index (κ2) is 13.8. The smallest absolute Gasteiger partial charge is 0.161 e. The van der Waals surface area contributed by atoms with Gasteiger partial charge in [-0.25, -0.2) is 9.97 Å². The maximum atomic E-state index is 6.97. The minimum atomic E-state index is -0.269. The summed E-state index contributed by atoms with van der Waals surface area (Å²) >= 11 is 0. The van der Waals surface area contributed by atoms with Gasteiger partial charge in [0.05, 0.1) is 16.9 Å². The number of hydrogen-bond donors (Lipinski definition) is 1. The lowest BCUT2D eigenvalue weighted by Gasteiger charge is -2.42. The van der Waals surface area contributed by atoms with Crippen molar-refractivity contribution in [3.8, 4) is 28.2 Å². The third-order valence-corrected chi connectivity index (χ3v) is 13.9. The highest BCUT2D eigenvalue weighted by atomic mass is 16.3. The van der Waals surface area contributed by atoms with Gasteiger partial charge in [-0.2, -0.15) is 0 Å². The van der Waals surface area contributed by atoms with E-state index in [2.05, 4.69) is 215 Å². The van der Waals surface area contributed by atoms with Crippen molar-refractivity contribution >= 4 is 72.0 Å². The van der Waals surface area contributed by atoms with E-state index in [1.54, 1.807) is 0 Å². The second-order valence-electron chi connectivity index (χ2n) is 20.4. The molecule has 318 valence electrons. The summed E-state index contributed by atoms with van der Waals surface area (Å²) in [6, 6.07) is 55.0. The first-order valence-electron chi connectivity index (χ1n) is 22.7. The van der Waals surface area contributed by atoms with Crippen LogP contribution in [0.2, 0.25) is 0 Å². The average Bonchev–Trinajstić information content (AvgIpc) is 4.00. The zero-order valence-corrected chi connectivity index (χ0v) is 38.2. The Morgan fingerprint density at radius 1 is 0.585 bits per heavy atom. The van der Waals surface area contributed by atoms with E-state index in [0.717, 1.165) is 94.8 Å². The Kier molecular flexibility index (Phi) is 8.31. The van der Waals surface area contributed by atoms with Crippen molar-refractivity contribution in [1.82, 2.24) is 19.5 Å². The second-order valence-corrected chi connectivity index (χ2v) is 20.4. The van der Waals surface area contributed by atoms with Gasteiger partial charge < -0.3 is 9.40 Å². The Morgan fingerprint density at radius 3 is 2.09 bits per heavy atom. The summed E-state index contributed by atoms with van der Waals surface area (Å²) in [4.78, 5) is 17.0. The molecule has 0 amide bonds. The summed E-state index contributed by atoms with van der Waals surface area (Å²) in [6.45, 7) is 18.2. The Hall–Kier alpha value is -7.44. The molecule has 0 unspecified atom stereocenters. The van der Waals surface area contributed by atoms with Crippen LogP contribution in [-0.4, -0.2) is 19.5 Å². The Morgan fingerprint density at radius 2 is 1.29 bits per heavy atom. The molecule has 6 heteroatoms. The monoisotopic (exact) mass is 845 g/mol. The van der Waals surface area contributed by atoms with Gasteiger partial charge in [-0.3, -0.25) is 9.47 Å². The summed E-state index contributed by atoms with van der Waals surface area (Å²) in [5, 5.41) is 4.47. The summed E-state index contributed by atoms with van der Waals surface area (Å²) in [5.74, 6) is 1.74. The minimum absolute atomic E-state index is 0.00746. The maximum absolute atomic E-state index is 6.97. The van der Waals surface area contributed by atoms with E-state index in [9.17, 15) is 0 Å². The maximum Gasteiger partial charge on any atom is 0.161 e. The Balaban J connectivity index is 1.19. The number of furan rings is 1. The number of nitrogens with zero attached hydrogens (tertiary/aromatic N) is 4. The lowest BCUT2D eigenvalue weighted by atomic mass is 9.73. The summed E-state index contributed by atoms with van der Waals surface area (Å²) < 4.78 is 9.30. The highest BCUT2D eigenvalue weighted by Gasteiger charge is 2.38. The van der Waals surface area contributed by atoms with Crippen LogP contribution in [0.15, 0.2) is 162 Å². The number of nitrogens with one attached hydrogen (secondary N) is 1. The summed E-state index contributed by atoms with van der Waals surface area (Å²) in [6.07, 6.45) is 1.96. The molecule has 0 spiro atoms. The fourth-order valence-corrected chi connectivity index (χ4v) is 10.4. The van der Waals surface area contributed by atoms with Crippen molar-refractivity contribution in [1.29, 1.82) is 0 Å². The molecule has 0 saturated heterocycles. The van der Waals surface area contributed by atoms with Gasteiger partial charge in [0, 0.05) is 55.5 Å². The van der Waals surface area contributed by atoms with E-state index in [-0.39, 0.29) is 16.2 Å². The fourth-order valence-electron chi connectivity index (χ4n) is 10.4. The third-order valence-electron chi connectivity index (χ3n) is 13.9. The normalized spacial score (nSPS) is 13.9. The van der Waals surface area contributed by atoms with E-state index in [0.29, 0.717) is 0 Å². The lowest BCUT2D eigenvalue weighted by molar-refractivity contribution is 0.589. The van der Waals surface area contributed by atoms with Gasteiger partial charge in [0.1, 0.15) is 28.3 Å². The standard InChI is InChI=1S/C59H51N5O/c1-57(2,3)36-25-27-38(28-26-36)63-54-53(62-56(63)42-19-15-18-41-39-16-9-12-21-47(39)61-52(41)42)43(34-44-40-17-10-14-23-50(40)65-55(44)54)35-24-29-46-49(32-35)64(48-22-13-11-20-45(48)59(46,7)8)51-33-37(30-31-60-51)58(4,5)6/h9-34,61H,1-8H3. The van der Waals surface area contributed by atoms with Crippen molar-refractivity contribution in [3.63, 3.8) is 0 Å². The molecular weight excluding hydrogens is 795 g/mol. The average molecular weight is 846 g/mol. The van der Waals surface area contributed by atoms with Crippen molar-refractivity contribution in [2.75, 3.05) is 4.90 Å². The van der Waals surface area contributed by atoms with Crippen LogP contribution in [0.3, 0.4) is 0 Å². The zero-order valence-electron chi connectivity index (χ0n) is 38.2. The topological polar surface area (TPSA) is 62.9 Å². The van der Waals surface area contributed by atoms with E-state index >= 15 is 0 Å². The number of fused-ring (bicyclic) bond motifs is 10. The molecule has 65 heavy (non-hydrogen) atoms. The number of para-hydroxylation sites is 4. The molecule has 1 N–H and O–H groups in total. The number of imidazole rings is 1. The molecule has 0 atom stereocenters. The first-order chi connectivity index (χ1) is 31.3. The van der Waals surface area contributed by atoms with Crippen molar-refractivity contribution < 1.29 is 4.42 Å². The first-order valence-corrected chi connectivity index (χ1v) is 22.7. The molecule has 11 aromatic rings. The number of aromatic nitrogens is 4. The van der Waals surface area contributed by atoms with Crippen LogP contribution < -0.4 is 4.90 Å². The highest BCUT2D eigenvalue weighted by Crippen LogP contribution is 2.53. The quantitative estimate of drug-likeness (QED) is 0.192. The molecule has 0 radical (unpaired) electrons. The molecule has 7 aromatic carbocycles. The van der Waals surface area contributed by atoms with Crippen LogP contribution in [0.1, 0.15) is 77.6 Å². The number of pyridine rings is 1. The molecule has 6 nitrogen and oxygen atoms in total. The highest BCUT2D eigenvalue weighted by molar-refractivity contribution is 6.19. The minimum Gasteiger partial charge on any atom is -0.454 e. The molecule has 0 saturated carbocycles. The zero-order chi connectivity index (χ0) is 44.6. The van der Waals surface area contributed by atoms with Crippen LogP contribution in [0, 0.1) is 0 Å². The van der Waals surface area contributed by atoms with Gasteiger partial charge in [0.15, 0.2) is 5.58 Å². The van der Waals surface area contributed by atoms with Gasteiger partial charge in [0.25, 0.3) is 0 Å². The molecule has 0 bridgehead atoms. The molecule has 12 rings (SSSR count). The van der Waals surface area contributed by atoms with Gasteiger partial charge in [0.2, 0.25) is 0 Å². The van der Waals surface area contributed by atoms with Crippen LogP contribution in [-0.2, 0) is 16.2 Å². The van der Waals surface area contributed by atoms with Gasteiger partial charge >= 0.3 is 0 Å². The lowest BCUT2D eigenvalue weighted by Crippen LogP contribution is -2.31. The summed E-state index contributed by atoms with van der Waals surface area (Å²) in [7, 11) is 0.